The number of hydrogen-bond acceptors (Lipinski definition) is 6. The van der Waals surface area contributed by atoms with Gasteiger partial charge in [0.25, 0.3) is 11.8 Å². The molecule has 35 heavy (non-hydrogen) atoms. The lowest BCUT2D eigenvalue weighted by molar-refractivity contribution is -0.149. The predicted octanol–water partition coefficient (Wildman–Crippen LogP) is 2.89. The summed E-state index contributed by atoms with van der Waals surface area (Å²) in [5.74, 6) is -1.87. The molecule has 0 radical (unpaired) electrons. The van der Waals surface area contributed by atoms with Crippen LogP contribution >= 0.6 is 0 Å². The molecule has 0 saturated heterocycles. The molecule has 0 aliphatic carbocycles. The molecule has 3 aromatic rings. The van der Waals surface area contributed by atoms with Crippen LogP contribution in [0, 0.1) is 0 Å². The average Bonchev–Trinajstić information content (AvgIpc) is 3.11. The molecule has 0 bridgehead atoms. The topological polar surface area (TPSA) is 101 Å². The summed E-state index contributed by atoms with van der Waals surface area (Å²) >= 11 is 0. The molecule has 1 atom stereocenters. The van der Waals surface area contributed by atoms with E-state index in [-0.39, 0.29) is 29.1 Å². The first-order valence-corrected chi connectivity index (χ1v) is 12.3. The molecule has 1 heterocycles. The largest absolute Gasteiger partial charge is 0.459 e. The van der Waals surface area contributed by atoms with Crippen molar-refractivity contribution in [2.45, 2.75) is 24.0 Å². The number of ether oxygens (including phenoxy) is 1. The minimum absolute atomic E-state index is 0.0669. The summed E-state index contributed by atoms with van der Waals surface area (Å²) in [6.45, 7) is -0.218. The summed E-state index contributed by atoms with van der Waals surface area (Å²) in [7, 11) is -0.800. The van der Waals surface area contributed by atoms with Crippen LogP contribution in [0.3, 0.4) is 0 Å². The van der Waals surface area contributed by atoms with Crippen molar-refractivity contribution in [3.05, 3.63) is 101 Å². The molecule has 0 unspecified atom stereocenters. The van der Waals surface area contributed by atoms with Crippen molar-refractivity contribution < 1.29 is 27.5 Å². The predicted molar refractivity (Wildman–Crippen MR) is 128 cm³/mol. The van der Waals surface area contributed by atoms with Gasteiger partial charge in [-0.25, -0.2) is 17.5 Å². The second-order valence-electron chi connectivity index (χ2n) is 8.27. The summed E-state index contributed by atoms with van der Waals surface area (Å²) in [5, 5.41) is 0. The molecule has 0 fully saturated rings. The highest BCUT2D eigenvalue weighted by atomic mass is 32.2. The zero-order valence-corrected chi connectivity index (χ0v) is 20.1. The van der Waals surface area contributed by atoms with E-state index in [4.69, 9.17) is 4.74 Å². The number of rotatable bonds is 8. The Balaban J connectivity index is 1.59. The first kappa shape index (κ1) is 24.3. The summed E-state index contributed by atoms with van der Waals surface area (Å²) in [6.07, 6.45) is 0.0835. The van der Waals surface area contributed by atoms with E-state index in [1.807, 2.05) is 6.07 Å². The Morgan fingerprint density at radius 1 is 0.857 bits per heavy atom. The molecule has 4 rings (SSSR count). The van der Waals surface area contributed by atoms with Crippen molar-refractivity contribution in [3.63, 3.8) is 0 Å². The van der Waals surface area contributed by atoms with Crippen LogP contribution in [0.2, 0.25) is 0 Å². The average molecular weight is 493 g/mol. The van der Waals surface area contributed by atoms with E-state index in [9.17, 15) is 22.8 Å². The number of fused-ring (bicyclic) bond motifs is 1. The first-order valence-electron chi connectivity index (χ1n) is 10.9. The lowest BCUT2D eigenvalue weighted by Crippen LogP contribution is -2.47. The highest BCUT2D eigenvalue weighted by Crippen LogP contribution is 2.27. The van der Waals surface area contributed by atoms with Gasteiger partial charge in [0.05, 0.1) is 16.0 Å². The van der Waals surface area contributed by atoms with Crippen molar-refractivity contribution in [1.29, 1.82) is 0 Å². The van der Waals surface area contributed by atoms with Crippen LogP contribution in [0.25, 0.3) is 0 Å². The number of imide groups is 1. The van der Waals surface area contributed by atoms with E-state index in [1.54, 1.807) is 60.7 Å². The highest BCUT2D eigenvalue weighted by Gasteiger charge is 2.43. The van der Waals surface area contributed by atoms with E-state index >= 15 is 0 Å². The Labute approximate surface area is 203 Å². The lowest BCUT2D eigenvalue weighted by Gasteiger charge is -2.25. The Morgan fingerprint density at radius 3 is 2.03 bits per heavy atom. The Bertz CT molecular complexity index is 1350. The quantitative estimate of drug-likeness (QED) is 0.354. The summed E-state index contributed by atoms with van der Waals surface area (Å²) in [6, 6.07) is 20.4. The van der Waals surface area contributed by atoms with Crippen LogP contribution in [-0.4, -0.2) is 55.5 Å². The van der Waals surface area contributed by atoms with Gasteiger partial charge in [-0.2, -0.15) is 0 Å². The Kier molecular flexibility index (Phi) is 6.81. The molecule has 2 amide bonds. The number of carbonyl (C=O) groups excluding carboxylic acids is 3. The van der Waals surface area contributed by atoms with Gasteiger partial charge in [0.2, 0.25) is 10.0 Å². The Morgan fingerprint density at radius 2 is 1.43 bits per heavy atom. The van der Waals surface area contributed by atoms with Gasteiger partial charge in [0.1, 0.15) is 12.6 Å². The van der Waals surface area contributed by atoms with Gasteiger partial charge in [-0.3, -0.25) is 14.5 Å². The molecule has 0 spiro atoms. The van der Waals surface area contributed by atoms with Crippen molar-refractivity contribution in [1.82, 2.24) is 9.21 Å². The third-order valence-corrected chi connectivity index (χ3v) is 7.55. The van der Waals surface area contributed by atoms with Gasteiger partial charge in [-0.15, -0.1) is 0 Å². The smallest absolute Gasteiger partial charge is 0.330 e. The van der Waals surface area contributed by atoms with Crippen molar-refractivity contribution in [2.75, 3.05) is 14.1 Å². The minimum Gasteiger partial charge on any atom is -0.459 e. The maximum absolute atomic E-state index is 13.2. The zero-order valence-electron chi connectivity index (χ0n) is 19.2. The van der Waals surface area contributed by atoms with Crippen LogP contribution < -0.4 is 0 Å². The van der Waals surface area contributed by atoms with Gasteiger partial charge in [-0.05, 0) is 35.4 Å². The number of carbonyl (C=O) groups is 3. The molecule has 9 heteroatoms. The molecule has 0 N–H and O–H groups in total. The van der Waals surface area contributed by atoms with Gasteiger partial charge >= 0.3 is 5.97 Å². The molecule has 180 valence electrons. The number of hydrogen-bond donors (Lipinski definition) is 0. The van der Waals surface area contributed by atoms with Crippen LogP contribution in [0.1, 0.15) is 31.8 Å². The fraction of sp³-hybridized carbons (Fsp3) is 0.192. The van der Waals surface area contributed by atoms with Crippen LogP contribution in [0.5, 0.6) is 0 Å². The fourth-order valence-electron chi connectivity index (χ4n) is 3.87. The third kappa shape index (κ3) is 4.87. The van der Waals surface area contributed by atoms with Gasteiger partial charge in [-0.1, -0.05) is 54.6 Å². The van der Waals surface area contributed by atoms with E-state index in [1.165, 1.54) is 26.2 Å². The molecule has 0 saturated carbocycles. The Hall–Kier alpha value is -3.82. The van der Waals surface area contributed by atoms with Crippen molar-refractivity contribution in [2.24, 2.45) is 0 Å². The summed E-state index contributed by atoms with van der Waals surface area (Å²) in [5.41, 5.74) is 1.70. The summed E-state index contributed by atoms with van der Waals surface area (Å²) < 4.78 is 31.4. The normalized spacial score (nSPS) is 14.2. The SMILES string of the molecule is CN(C)S(=O)(=O)c1cccc(COC(=O)[C@H](Cc2ccccc2)N2C(=O)c3ccccc3C2=O)c1. The minimum atomic E-state index is -3.66. The van der Waals surface area contributed by atoms with E-state index in [2.05, 4.69) is 0 Å². The lowest BCUT2D eigenvalue weighted by atomic mass is 10.0. The van der Waals surface area contributed by atoms with Crippen molar-refractivity contribution in [3.8, 4) is 0 Å². The fourth-order valence-corrected chi connectivity index (χ4v) is 4.84. The number of amides is 2. The second-order valence-corrected chi connectivity index (χ2v) is 10.4. The molecule has 8 nitrogen and oxygen atoms in total. The zero-order chi connectivity index (χ0) is 25.2. The van der Waals surface area contributed by atoms with Crippen LogP contribution in [0.4, 0.5) is 0 Å². The molecule has 1 aliphatic rings. The number of benzene rings is 3. The molecular formula is C26H24N2O6S. The number of esters is 1. The van der Waals surface area contributed by atoms with E-state index in [0.717, 1.165) is 14.8 Å². The second kappa shape index (κ2) is 9.81. The maximum atomic E-state index is 13.2. The molecule has 1 aliphatic heterocycles. The first-order chi connectivity index (χ1) is 16.7. The van der Waals surface area contributed by atoms with Gasteiger partial charge < -0.3 is 4.74 Å². The van der Waals surface area contributed by atoms with Crippen LogP contribution in [-0.2, 0) is 32.6 Å². The molecule has 0 aromatic heterocycles. The molecular weight excluding hydrogens is 468 g/mol. The third-order valence-electron chi connectivity index (χ3n) is 5.74. The van der Waals surface area contributed by atoms with Gasteiger partial charge in [0.15, 0.2) is 0 Å². The monoisotopic (exact) mass is 492 g/mol. The van der Waals surface area contributed by atoms with E-state index in [0.29, 0.717) is 5.56 Å². The number of nitrogens with zero attached hydrogens (tertiary/aromatic N) is 2. The maximum Gasteiger partial charge on any atom is 0.330 e. The van der Waals surface area contributed by atoms with Crippen molar-refractivity contribution >= 4 is 27.8 Å². The van der Waals surface area contributed by atoms with Crippen LogP contribution in [0.15, 0.2) is 83.8 Å². The van der Waals surface area contributed by atoms with E-state index < -0.39 is 33.8 Å². The molecule has 3 aromatic carbocycles. The summed E-state index contributed by atoms with van der Waals surface area (Å²) in [4.78, 5) is 40.4. The number of sulfonamides is 1. The standard InChI is InChI=1S/C26H24N2O6S/c1-27(2)35(32,33)20-12-8-11-19(15-20)17-34-26(31)23(16-18-9-4-3-5-10-18)28-24(29)21-13-6-7-14-22(21)25(28)30/h3-15,23H,16-17H2,1-2H3/t23-/m0/s1. The van der Waals surface area contributed by atoms with Gasteiger partial charge in [0, 0.05) is 20.5 Å². The highest BCUT2D eigenvalue weighted by molar-refractivity contribution is 7.89.